The van der Waals surface area contributed by atoms with E-state index in [0.717, 1.165) is 16.7 Å². The van der Waals surface area contributed by atoms with E-state index in [2.05, 4.69) is 0 Å². The normalized spacial score (nSPS) is 16.4. The average molecular weight is 429 g/mol. The number of benzene rings is 2. The van der Waals surface area contributed by atoms with E-state index >= 15 is 0 Å². The quantitative estimate of drug-likeness (QED) is 0.659. The summed E-state index contributed by atoms with van der Waals surface area (Å²) in [6.45, 7) is 0.0651. The number of halogens is 1. The number of rotatable bonds is 5. The first kappa shape index (κ1) is 19.2. The number of hydrogen-bond donors (Lipinski definition) is 0. The van der Waals surface area contributed by atoms with Gasteiger partial charge in [0.2, 0.25) is 6.79 Å². The SMILES string of the molecule is N#CCOc1cccc(/C=C2\SC(=O)N(Cc3cc4c(cc3Cl)OCO4)C2=O)c1. The van der Waals surface area contributed by atoms with E-state index in [1.165, 1.54) is 0 Å². The fraction of sp³-hybridized carbons (Fsp3) is 0.150. The molecule has 0 aliphatic carbocycles. The van der Waals surface area contributed by atoms with Crippen molar-refractivity contribution < 1.29 is 23.8 Å². The summed E-state index contributed by atoms with van der Waals surface area (Å²) in [5.74, 6) is 1.16. The Morgan fingerprint density at radius 1 is 1.24 bits per heavy atom. The molecule has 1 saturated heterocycles. The molecule has 0 atom stereocenters. The summed E-state index contributed by atoms with van der Waals surface area (Å²) in [7, 11) is 0. The Morgan fingerprint density at radius 2 is 2.03 bits per heavy atom. The highest BCUT2D eigenvalue weighted by Gasteiger charge is 2.35. The van der Waals surface area contributed by atoms with Crippen molar-refractivity contribution in [1.29, 1.82) is 5.26 Å². The van der Waals surface area contributed by atoms with Gasteiger partial charge in [-0.1, -0.05) is 23.7 Å². The van der Waals surface area contributed by atoms with E-state index in [1.54, 1.807) is 42.5 Å². The van der Waals surface area contributed by atoms with Crippen LogP contribution in [0.3, 0.4) is 0 Å². The lowest BCUT2D eigenvalue weighted by Crippen LogP contribution is -2.27. The topological polar surface area (TPSA) is 88.9 Å². The molecule has 2 aromatic rings. The Labute approximate surface area is 175 Å². The highest BCUT2D eigenvalue weighted by molar-refractivity contribution is 8.18. The van der Waals surface area contributed by atoms with Crippen LogP contribution < -0.4 is 14.2 Å². The maximum Gasteiger partial charge on any atom is 0.293 e. The molecule has 0 unspecified atom stereocenters. The van der Waals surface area contributed by atoms with Crippen LogP contribution in [0.5, 0.6) is 17.2 Å². The molecule has 7 nitrogen and oxygen atoms in total. The lowest BCUT2D eigenvalue weighted by Gasteiger charge is -2.14. The number of nitrogens with zero attached hydrogens (tertiary/aromatic N) is 2. The van der Waals surface area contributed by atoms with Gasteiger partial charge in [0.1, 0.15) is 11.8 Å². The second-order valence-corrected chi connectivity index (χ2v) is 7.48. The van der Waals surface area contributed by atoms with Crippen LogP contribution in [0.4, 0.5) is 4.79 Å². The Bertz CT molecular complexity index is 1080. The van der Waals surface area contributed by atoms with Crippen LogP contribution in [0.2, 0.25) is 5.02 Å². The number of ether oxygens (including phenoxy) is 3. The Hall–Kier alpha value is -3.15. The predicted molar refractivity (Wildman–Crippen MR) is 107 cm³/mol. The van der Waals surface area contributed by atoms with Gasteiger partial charge in [-0.2, -0.15) is 5.26 Å². The number of nitriles is 1. The third kappa shape index (κ3) is 4.01. The molecule has 2 aliphatic rings. The van der Waals surface area contributed by atoms with E-state index in [0.29, 0.717) is 38.3 Å². The number of amides is 2. The van der Waals surface area contributed by atoms with Crippen molar-refractivity contribution >= 4 is 40.6 Å². The monoisotopic (exact) mass is 428 g/mol. The molecule has 4 rings (SSSR count). The maximum atomic E-state index is 12.8. The predicted octanol–water partition coefficient (Wildman–Crippen LogP) is 4.21. The maximum absolute atomic E-state index is 12.8. The second kappa shape index (κ2) is 8.07. The van der Waals surface area contributed by atoms with E-state index in [-0.39, 0.29) is 25.2 Å². The zero-order valence-electron chi connectivity index (χ0n) is 14.9. The Morgan fingerprint density at radius 3 is 2.83 bits per heavy atom. The Kier molecular flexibility index (Phi) is 5.34. The first-order valence-electron chi connectivity index (χ1n) is 8.48. The summed E-state index contributed by atoms with van der Waals surface area (Å²) in [5, 5.41) is 8.62. The molecule has 9 heteroatoms. The number of carbonyl (C=O) groups is 2. The lowest BCUT2D eigenvalue weighted by atomic mass is 10.1. The Balaban J connectivity index is 1.54. The highest BCUT2D eigenvalue weighted by Crippen LogP contribution is 2.39. The second-order valence-electron chi connectivity index (χ2n) is 6.08. The minimum atomic E-state index is -0.405. The van der Waals surface area contributed by atoms with Gasteiger partial charge in [0.25, 0.3) is 11.1 Å². The minimum Gasteiger partial charge on any atom is -0.479 e. The van der Waals surface area contributed by atoms with E-state index in [9.17, 15) is 9.59 Å². The fourth-order valence-corrected chi connectivity index (χ4v) is 3.90. The molecule has 0 radical (unpaired) electrons. The van der Waals surface area contributed by atoms with Crippen LogP contribution in [-0.4, -0.2) is 29.4 Å². The summed E-state index contributed by atoms with van der Waals surface area (Å²) in [6, 6.07) is 12.1. The van der Waals surface area contributed by atoms with Crippen LogP contribution in [0, 0.1) is 11.3 Å². The first-order chi connectivity index (χ1) is 14.0. The molecule has 29 heavy (non-hydrogen) atoms. The van der Waals surface area contributed by atoms with Gasteiger partial charge in [-0.15, -0.1) is 0 Å². The summed E-state index contributed by atoms with van der Waals surface area (Å²) in [6.07, 6.45) is 1.62. The summed E-state index contributed by atoms with van der Waals surface area (Å²) >= 11 is 7.12. The van der Waals surface area contributed by atoms with Crippen LogP contribution >= 0.6 is 23.4 Å². The van der Waals surface area contributed by atoms with E-state index in [4.69, 9.17) is 31.1 Å². The summed E-state index contributed by atoms with van der Waals surface area (Å²) in [5.41, 5.74) is 1.28. The van der Waals surface area contributed by atoms with Gasteiger partial charge in [-0.25, -0.2) is 0 Å². The van der Waals surface area contributed by atoms with Gasteiger partial charge in [0.05, 0.1) is 11.4 Å². The molecule has 146 valence electrons. The molecular formula is C20H13ClN2O5S. The number of imide groups is 1. The smallest absolute Gasteiger partial charge is 0.293 e. The van der Waals surface area contributed by atoms with Crippen LogP contribution in [0.25, 0.3) is 6.08 Å². The highest BCUT2D eigenvalue weighted by atomic mass is 35.5. The van der Waals surface area contributed by atoms with Crippen LogP contribution in [0.15, 0.2) is 41.3 Å². The van der Waals surface area contributed by atoms with Crippen LogP contribution in [-0.2, 0) is 11.3 Å². The number of carbonyl (C=O) groups excluding carboxylic acids is 2. The third-order valence-electron chi connectivity index (χ3n) is 4.20. The third-order valence-corrected chi connectivity index (χ3v) is 5.46. The molecule has 0 aromatic heterocycles. The van der Waals surface area contributed by atoms with Gasteiger partial charge < -0.3 is 14.2 Å². The molecule has 1 fully saturated rings. The van der Waals surface area contributed by atoms with E-state index < -0.39 is 5.91 Å². The molecule has 0 saturated carbocycles. The van der Waals surface area contributed by atoms with Crippen LogP contribution in [0.1, 0.15) is 11.1 Å². The fourth-order valence-electron chi connectivity index (χ4n) is 2.85. The molecule has 2 amide bonds. The standard InChI is InChI=1S/C20H13ClN2O5S/c21-15-9-17-16(27-11-28-17)8-13(15)10-23-19(24)18(29-20(23)25)7-12-2-1-3-14(6-12)26-5-4-22/h1-3,6-9H,5,10-11H2/b18-7-. The van der Waals surface area contributed by atoms with Crippen molar-refractivity contribution in [2.24, 2.45) is 0 Å². The average Bonchev–Trinajstić information content (AvgIpc) is 3.26. The van der Waals surface area contributed by atoms with Crippen molar-refractivity contribution in [3.05, 3.63) is 57.5 Å². The summed E-state index contributed by atoms with van der Waals surface area (Å²) < 4.78 is 15.9. The molecule has 0 N–H and O–H groups in total. The van der Waals surface area contributed by atoms with Crippen molar-refractivity contribution in [3.8, 4) is 23.3 Å². The zero-order valence-corrected chi connectivity index (χ0v) is 16.5. The molecule has 2 aromatic carbocycles. The largest absolute Gasteiger partial charge is 0.479 e. The van der Waals surface area contributed by atoms with Gasteiger partial charge in [0.15, 0.2) is 18.1 Å². The van der Waals surface area contributed by atoms with Crippen molar-refractivity contribution in [2.75, 3.05) is 13.4 Å². The number of thioether (sulfide) groups is 1. The lowest BCUT2D eigenvalue weighted by molar-refractivity contribution is -0.123. The molecule has 2 aliphatic heterocycles. The van der Waals surface area contributed by atoms with Crippen molar-refractivity contribution in [2.45, 2.75) is 6.54 Å². The summed E-state index contributed by atoms with van der Waals surface area (Å²) in [4.78, 5) is 26.6. The number of hydrogen-bond acceptors (Lipinski definition) is 7. The zero-order chi connectivity index (χ0) is 20.4. The molecular weight excluding hydrogens is 416 g/mol. The van der Waals surface area contributed by atoms with Gasteiger partial charge >= 0.3 is 0 Å². The molecule has 2 heterocycles. The van der Waals surface area contributed by atoms with E-state index in [1.807, 2.05) is 6.07 Å². The van der Waals surface area contributed by atoms with Gasteiger partial charge in [0, 0.05) is 11.1 Å². The molecule has 0 spiro atoms. The first-order valence-corrected chi connectivity index (χ1v) is 9.68. The van der Waals surface area contributed by atoms with Crippen molar-refractivity contribution in [3.63, 3.8) is 0 Å². The van der Waals surface area contributed by atoms with Gasteiger partial charge in [-0.05, 0) is 47.2 Å². The number of fused-ring (bicyclic) bond motifs is 1. The minimum absolute atomic E-state index is 0.0306. The van der Waals surface area contributed by atoms with Gasteiger partial charge in [-0.3, -0.25) is 14.5 Å². The molecule has 0 bridgehead atoms. The van der Waals surface area contributed by atoms with Crippen molar-refractivity contribution in [1.82, 2.24) is 4.90 Å².